The van der Waals surface area contributed by atoms with Gasteiger partial charge in [0, 0.05) is 180 Å². The zero-order chi connectivity index (χ0) is 104. The number of amides is 10. The number of esters is 8. The van der Waals surface area contributed by atoms with Gasteiger partial charge in [-0.3, -0.25) is 86.3 Å². The van der Waals surface area contributed by atoms with Gasteiger partial charge in [-0.15, -0.1) is 0 Å². The molecule has 3 aliphatic rings. The lowest BCUT2D eigenvalue weighted by Gasteiger charge is -2.44. The van der Waals surface area contributed by atoms with Gasteiger partial charge in [0.2, 0.25) is 59.1 Å². The van der Waals surface area contributed by atoms with Gasteiger partial charge in [0.05, 0.1) is 51.8 Å². The lowest BCUT2D eigenvalue weighted by molar-refractivity contribution is -0.277. The Hall–Kier alpha value is -10.7. The summed E-state index contributed by atoms with van der Waals surface area (Å²) in [5.41, 5.74) is -0.542. The summed E-state index contributed by atoms with van der Waals surface area (Å²) < 4.78 is 97.7. The molecular formula is C96H154N10O35. The van der Waals surface area contributed by atoms with Gasteiger partial charge in [-0.2, -0.15) is 0 Å². The maximum absolute atomic E-state index is 14.2. The van der Waals surface area contributed by atoms with Crippen LogP contribution < -0.4 is 53.2 Å². The van der Waals surface area contributed by atoms with Crippen molar-refractivity contribution in [1.82, 2.24) is 53.2 Å². The molecule has 6 unspecified atom stereocenters. The number of unbranched alkanes of at least 4 members (excludes halogenated alkanes) is 10. The van der Waals surface area contributed by atoms with Crippen LogP contribution in [-0.4, -0.2) is 311 Å². The first-order chi connectivity index (χ1) is 67.3. The minimum Gasteiger partial charge on any atom is -0.463 e. The maximum atomic E-state index is 14.2. The summed E-state index contributed by atoms with van der Waals surface area (Å²) in [4.78, 5) is 226. The number of carbonyl (C=O) groups excluding carboxylic acids is 18. The molecule has 0 spiro atoms. The van der Waals surface area contributed by atoms with Crippen LogP contribution in [0.3, 0.4) is 0 Å². The number of rotatable bonds is 72. The topological polar surface area (TPSA) is 584 Å². The number of nitrogens with one attached hydrogen (secondary N) is 10. The molecule has 10 N–H and O–H groups in total. The molecule has 141 heavy (non-hydrogen) atoms. The van der Waals surface area contributed by atoms with Crippen molar-refractivity contribution in [1.29, 1.82) is 0 Å². The van der Waals surface area contributed by atoms with Crippen LogP contribution in [0.15, 0.2) is 30.3 Å². The van der Waals surface area contributed by atoms with E-state index in [1.165, 1.54) is 27.7 Å². The summed E-state index contributed by atoms with van der Waals surface area (Å²) in [6.45, 7) is 15.5. The van der Waals surface area contributed by atoms with Crippen molar-refractivity contribution < 1.29 is 167 Å². The van der Waals surface area contributed by atoms with E-state index >= 15 is 0 Å². The second kappa shape index (κ2) is 70.9. The molecule has 3 heterocycles. The van der Waals surface area contributed by atoms with Gasteiger partial charge in [0.25, 0.3) is 0 Å². The third kappa shape index (κ3) is 54.9. The second-order valence-electron chi connectivity index (χ2n) is 35.1. The summed E-state index contributed by atoms with van der Waals surface area (Å²) in [6.07, 6.45) is -1.21. The van der Waals surface area contributed by atoms with Gasteiger partial charge < -0.3 is 134 Å². The molecule has 45 nitrogen and oxygen atoms in total. The highest BCUT2D eigenvalue weighted by Gasteiger charge is 2.53. The minimum atomic E-state index is -1.46. The highest BCUT2D eigenvalue weighted by molar-refractivity contribution is 5.80. The van der Waals surface area contributed by atoms with Gasteiger partial charge in [-0.1, -0.05) is 82.7 Å². The highest BCUT2D eigenvalue weighted by Crippen LogP contribution is 2.34. The molecule has 3 aliphatic heterocycles. The van der Waals surface area contributed by atoms with Crippen LogP contribution >= 0.6 is 0 Å². The fourth-order valence-electron chi connectivity index (χ4n) is 15.4. The molecule has 0 saturated carbocycles. The Morgan fingerprint density at radius 1 is 0.298 bits per heavy atom. The van der Waals surface area contributed by atoms with Crippen molar-refractivity contribution in [3.63, 3.8) is 0 Å². The molecule has 1 aromatic rings. The molecule has 45 heteroatoms. The predicted octanol–water partition coefficient (Wildman–Crippen LogP) is 3.51. The fraction of sp³-hybridized carbons (Fsp3) is 0.750. The van der Waals surface area contributed by atoms with Gasteiger partial charge >= 0.3 is 47.8 Å². The third-order valence-corrected chi connectivity index (χ3v) is 22.5. The van der Waals surface area contributed by atoms with Crippen molar-refractivity contribution in [3.8, 4) is 0 Å². The number of hydrogen-bond donors (Lipinski definition) is 10. The van der Waals surface area contributed by atoms with Crippen LogP contribution in [0.5, 0.6) is 0 Å². The van der Waals surface area contributed by atoms with E-state index in [0.717, 1.165) is 85.6 Å². The van der Waals surface area contributed by atoms with Gasteiger partial charge in [0.15, 0.2) is 43.3 Å². The van der Waals surface area contributed by atoms with Crippen LogP contribution in [0, 0.1) is 11.8 Å². The highest BCUT2D eigenvalue weighted by atomic mass is 16.7. The summed E-state index contributed by atoms with van der Waals surface area (Å²) in [5.74, 6) is -8.90. The average molecular weight is 2010 g/mol. The lowest BCUT2D eigenvalue weighted by Crippen LogP contribution is -2.66. The quantitative estimate of drug-likeness (QED) is 0.0253. The van der Waals surface area contributed by atoms with Crippen LogP contribution in [0.25, 0.3) is 0 Å². The first-order valence-electron chi connectivity index (χ1n) is 48.9. The van der Waals surface area contributed by atoms with E-state index in [2.05, 4.69) is 53.2 Å². The standard InChI is InChI=1S/C96H154N10O35/c1-62-63(2)86(103-64(3)107)93(139-75(62)56-131-67(6)110)128-49-27-24-35-78(117)97-43-30-46-100-81(120)40-52-125-59-96(106-84(123)38-22-17-15-13-14-16-18-23-39-85(124)134-55-74-33-20-19-21-34-74,60-126-53-41-82(121)101-47-31-44-98-79(118)36-25-28-50-129-94-87(104-65(4)108)91(137-72(11)115)89(135-70(9)113)76(140-94)57-132-68(7)111)61-127-54-42-83(122)102-48-32-45-99-80(119)37-26-29-51-130-95-88(105-66(5)109)92(138-73(12)116)90(136-71(10)114)77(141-95)58-133-69(8)112/h19-21,33-34,62-63,75-77,86-95H,13-18,22-32,35-61H2,1-12H3,(H,97,117)(H,98,118)(H,99,119)(H,100,120)(H,101,121)(H,102,122)(H,103,107)(H,104,108)(H,105,109)(H,106,123)/t62-,63-,75?,76?,77?,86?,87?,88?,89+,90+,91+,92+,93+,94+,95+,96?/m0/s1. The van der Waals surface area contributed by atoms with Gasteiger partial charge in [-0.25, -0.2) is 0 Å². The third-order valence-electron chi connectivity index (χ3n) is 22.5. The van der Waals surface area contributed by atoms with E-state index in [0.29, 0.717) is 77.0 Å². The van der Waals surface area contributed by atoms with E-state index in [-0.39, 0.29) is 210 Å². The first kappa shape index (κ1) is 123. The molecule has 798 valence electrons. The van der Waals surface area contributed by atoms with Crippen molar-refractivity contribution in [2.45, 2.75) is 335 Å². The first-order valence-corrected chi connectivity index (χ1v) is 48.9. The summed E-state index contributed by atoms with van der Waals surface area (Å²) in [7, 11) is 0. The minimum absolute atomic E-state index is 0.00616. The Morgan fingerprint density at radius 2 is 0.596 bits per heavy atom. The van der Waals surface area contributed by atoms with Crippen LogP contribution in [-0.2, 0) is 173 Å². The molecule has 3 fully saturated rings. The van der Waals surface area contributed by atoms with Crippen molar-refractivity contribution >= 4 is 107 Å². The zero-order valence-electron chi connectivity index (χ0n) is 83.9. The maximum Gasteiger partial charge on any atom is 0.306 e. The molecule has 0 aromatic heterocycles. The average Bonchev–Trinajstić information content (AvgIpc) is 0.802. The van der Waals surface area contributed by atoms with Gasteiger partial charge in [-0.05, 0) is 88.0 Å². The molecule has 1 aromatic carbocycles. The number of carbonyl (C=O) groups is 18. The molecule has 0 aliphatic carbocycles. The van der Waals surface area contributed by atoms with Crippen LogP contribution in [0.2, 0.25) is 0 Å². The summed E-state index contributed by atoms with van der Waals surface area (Å²) in [5, 5.41) is 28.2. The van der Waals surface area contributed by atoms with E-state index in [4.69, 9.17) is 80.5 Å². The molecule has 4 rings (SSSR count). The van der Waals surface area contributed by atoms with Crippen LogP contribution in [0.4, 0.5) is 0 Å². The molecule has 0 bridgehead atoms. The number of hydrogen-bond acceptors (Lipinski definition) is 35. The van der Waals surface area contributed by atoms with Crippen LogP contribution in [0.1, 0.15) is 249 Å². The Bertz CT molecular complexity index is 3870. The molecule has 3 saturated heterocycles. The monoisotopic (exact) mass is 2010 g/mol. The Morgan fingerprint density at radius 3 is 0.943 bits per heavy atom. The normalized spacial score (nSPS) is 21.2. The molecular weight excluding hydrogens is 1850 g/mol. The lowest BCUT2D eigenvalue weighted by atomic mass is 9.82. The van der Waals surface area contributed by atoms with Crippen molar-refractivity contribution in [2.24, 2.45) is 11.8 Å². The number of benzene rings is 1. The number of ether oxygens (including phenoxy) is 17. The van der Waals surface area contributed by atoms with E-state index in [9.17, 15) is 86.3 Å². The largest absolute Gasteiger partial charge is 0.463 e. The predicted molar refractivity (Wildman–Crippen MR) is 500 cm³/mol. The smallest absolute Gasteiger partial charge is 0.306 e. The SMILES string of the molecule is CC(=O)NC1[C@H](OCCCCC(=O)NCCCNC(=O)CCOCC(COCCC(=O)NCCCNC(=O)CCCCO[C@@H]2OC(COC(C)=O)[C@@H](OC(C)=O)[C@H](OC(C)=O)C2NC(C)=O)(COCCC(=O)NCCCNC(=O)CCCCO[C@@H]2OC(COC(C)=O)[C@@H](OC(C)=O)[C@H](OC(C)=O)C2NC(C)=O)NC(=O)CCCCCCCCCCC(=O)OCc2ccccc2)OC(COC(C)=O)[C@@H](C)[C@@H]1C. The Balaban J connectivity index is 1.36. The Labute approximate surface area is 825 Å². The van der Waals surface area contributed by atoms with Crippen molar-refractivity contribution in [2.75, 3.05) is 119 Å². The van der Waals surface area contributed by atoms with E-state index in [1.807, 2.05) is 44.2 Å². The Kier molecular flexibility index (Phi) is 61.6. The summed E-state index contributed by atoms with van der Waals surface area (Å²) >= 11 is 0. The second-order valence-corrected chi connectivity index (χ2v) is 35.1. The van der Waals surface area contributed by atoms with Crippen molar-refractivity contribution in [3.05, 3.63) is 35.9 Å². The molecule has 10 amide bonds. The summed E-state index contributed by atoms with van der Waals surface area (Å²) in [6, 6.07) is 6.67. The molecule has 0 radical (unpaired) electrons. The van der Waals surface area contributed by atoms with E-state index in [1.54, 1.807) is 0 Å². The van der Waals surface area contributed by atoms with Gasteiger partial charge in [0.1, 0.15) is 56.3 Å². The fourth-order valence-corrected chi connectivity index (χ4v) is 15.4. The molecule has 15 atom stereocenters. The zero-order valence-corrected chi connectivity index (χ0v) is 83.9. The van der Waals surface area contributed by atoms with E-state index < -0.39 is 164 Å².